The average Bonchev–Trinajstić information content (AvgIpc) is 2.91. The molecule has 2 atom stereocenters. The molecule has 1 saturated heterocycles. The van der Waals surface area contributed by atoms with Crippen molar-refractivity contribution >= 4 is 0 Å². The number of halogens is 1. The maximum Gasteiger partial charge on any atom is 0.165 e. The van der Waals surface area contributed by atoms with Gasteiger partial charge in [-0.1, -0.05) is 6.07 Å². The van der Waals surface area contributed by atoms with E-state index in [9.17, 15) is 4.39 Å². The fourth-order valence-corrected chi connectivity index (χ4v) is 2.52. The number of hydrogen-bond donors (Lipinski definition) is 1. The first kappa shape index (κ1) is 14.3. The van der Waals surface area contributed by atoms with Crippen molar-refractivity contribution in [1.29, 1.82) is 0 Å². The predicted molar refractivity (Wildman–Crippen MR) is 72.7 cm³/mol. The van der Waals surface area contributed by atoms with E-state index in [1.807, 2.05) is 6.07 Å². The number of ether oxygens (including phenoxy) is 2. The molecule has 1 fully saturated rings. The lowest BCUT2D eigenvalue weighted by molar-refractivity contribution is 0.101. The van der Waals surface area contributed by atoms with Gasteiger partial charge in [0.2, 0.25) is 0 Å². The third-order valence-electron chi connectivity index (χ3n) is 3.67. The van der Waals surface area contributed by atoms with Gasteiger partial charge in [0.25, 0.3) is 0 Å². The lowest BCUT2D eigenvalue weighted by Gasteiger charge is -2.14. The first-order valence-electron chi connectivity index (χ1n) is 6.91. The Morgan fingerprint density at radius 1 is 1.53 bits per heavy atom. The summed E-state index contributed by atoms with van der Waals surface area (Å²) in [6, 6.07) is 4.81. The van der Waals surface area contributed by atoms with Crippen LogP contribution in [0.5, 0.6) is 5.75 Å². The van der Waals surface area contributed by atoms with Gasteiger partial charge in [-0.25, -0.2) is 4.39 Å². The summed E-state index contributed by atoms with van der Waals surface area (Å²) in [5.41, 5.74) is 6.92. The normalized spacial score (nSPS) is 20.5. The van der Waals surface area contributed by atoms with E-state index in [2.05, 4.69) is 0 Å². The molecule has 0 saturated carbocycles. The molecule has 1 aliphatic rings. The molecule has 4 heteroatoms. The molecule has 0 bridgehead atoms. The van der Waals surface area contributed by atoms with Crippen LogP contribution in [0, 0.1) is 5.82 Å². The van der Waals surface area contributed by atoms with Crippen molar-refractivity contribution in [2.45, 2.75) is 44.2 Å². The van der Waals surface area contributed by atoms with Crippen molar-refractivity contribution in [3.05, 3.63) is 29.6 Å². The number of nitrogens with two attached hydrogens (primary N) is 1. The van der Waals surface area contributed by atoms with Gasteiger partial charge in [-0.15, -0.1) is 0 Å². The average molecular weight is 267 g/mol. The summed E-state index contributed by atoms with van der Waals surface area (Å²) < 4.78 is 24.0. The van der Waals surface area contributed by atoms with Crippen molar-refractivity contribution < 1.29 is 13.9 Å². The third kappa shape index (κ3) is 3.91. The molecule has 3 nitrogen and oxygen atoms in total. The molecule has 19 heavy (non-hydrogen) atoms. The number of methoxy groups -OCH3 is 1. The molecule has 2 N–H and O–H groups in total. The van der Waals surface area contributed by atoms with Crippen LogP contribution in [0.3, 0.4) is 0 Å². The van der Waals surface area contributed by atoms with Crippen molar-refractivity contribution in [2.24, 2.45) is 5.73 Å². The number of hydrogen-bond acceptors (Lipinski definition) is 3. The van der Waals surface area contributed by atoms with E-state index in [-0.39, 0.29) is 17.6 Å². The summed E-state index contributed by atoms with van der Waals surface area (Å²) in [4.78, 5) is 0. The first-order valence-corrected chi connectivity index (χ1v) is 6.91. The highest BCUT2D eigenvalue weighted by Gasteiger charge is 2.16. The molecule has 0 amide bonds. The quantitative estimate of drug-likeness (QED) is 0.861. The van der Waals surface area contributed by atoms with Gasteiger partial charge in [-0.05, 0) is 49.8 Å². The van der Waals surface area contributed by atoms with E-state index in [0.29, 0.717) is 6.10 Å². The minimum Gasteiger partial charge on any atom is -0.494 e. The van der Waals surface area contributed by atoms with Crippen LogP contribution < -0.4 is 10.5 Å². The molecule has 1 aromatic rings. The van der Waals surface area contributed by atoms with Crippen LogP contribution in [0.2, 0.25) is 0 Å². The van der Waals surface area contributed by atoms with E-state index in [1.165, 1.54) is 19.6 Å². The monoisotopic (exact) mass is 267 g/mol. The lowest BCUT2D eigenvalue weighted by atomic mass is 10.00. The van der Waals surface area contributed by atoms with E-state index < -0.39 is 0 Å². The van der Waals surface area contributed by atoms with Gasteiger partial charge < -0.3 is 15.2 Å². The van der Waals surface area contributed by atoms with Crippen molar-refractivity contribution in [3.63, 3.8) is 0 Å². The zero-order valence-electron chi connectivity index (χ0n) is 11.4. The Bertz CT molecular complexity index is 405. The molecule has 0 spiro atoms. The van der Waals surface area contributed by atoms with Gasteiger partial charge in [0, 0.05) is 12.6 Å². The van der Waals surface area contributed by atoms with Crippen LogP contribution in [-0.2, 0) is 4.74 Å². The fraction of sp³-hybridized carbons (Fsp3) is 0.600. The highest BCUT2D eigenvalue weighted by atomic mass is 19.1. The summed E-state index contributed by atoms with van der Waals surface area (Å²) in [6.45, 7) is 0.889. The van der Waals surface area contributed by atoms with E-state index in [0.717, 1.165) is 37.9 Å². The highest BCUT2D eigenvalue weighted by Crippen LogP contribution is 2.25. The van der Waals surface area contributed by atoms with Gasteiger partial charge in [-0.3, -0.25) is 0 Å². The van der Waals surface area contributed by atoms with Gasteiger partial charge in [0.05, 0.1) is 13.2 Å². The van der Waals surface area contributed by atoms with Gasteiger partial charge in [0.15, 0.2) is 11.6 Å². The van der Waals surface area contributed by atoms with Crippen LogP contribution in [0.1, 0.15) is 43.7 Å². The third-order valence-corrected chi connectivity index (χ3v) is 3.67. The van der Waals surface area contributed by atoms with Crippen molar-refractivity contribution in [3.8, 4) is 5.75 Å². The van der Waals surface area contributed by atoms with Crippen LogP contribution in [0.25, 0.3) is 0 Å². The zero-order valence-corrected chi connectivity index (χ0v) is 11.4. The SMILES string of the molecule is COc1ccc(C(N)CCCC2CCCO2)cc1F. The van der Waals surface area contributed by atoms with Gasteiger partial charge >= 0.3 is 0 Å². The topological polar surface area (TPSA) is 44.5 Å². The minimum absolute atomic E-state index is 0.123. The van der Waals surface area contributed by atoms with E-state index >= 15 is 0 Å². The molecule has 106 valence electrons. The molecule has 0 aromatic heterocycles. The molecule has 1 aromatic carbocycles. The predicted octanol–water partition coefficient (Wildman–Crippen LogP) is 3.18. The van der Waals surface area contributed by atoms with E-state index in [1.54, 1.807) is 6.07 Å². The smallest absolute Gasteiger partial charge is 0.165 e. The molecular formula is C15H22FNO2. The Morgan fingerprint density at radius 3 is 3.00 bits per heavy atom. The molecular weight excluding hydrogens is 245 g/mol. The van der Waals surface area contributed by atoms with Crippen LogP contribution >= 0.6 is 0 Å². The molecule has 1 heterocycles. The Labute approximate surface area is 113 Å². The maximum atomic E-state index is 13.6. The summed E-state index contributed by atoms with van der Waals surface area (Å²) in [6.07, 6.45) is 5.64. The first-order chi connectivity index (χ1) is 9.20. The Hall–Kier alpha value is -1.13. The van der Waals surface area contributed by atoms with Crippen molar-refractivity contribution in [1.82, 2.24) is 0 Å². The largest absolute Gasteiger partial charge is 0.494 e. The highest BCUT2D eigenvalue weighted by molar-refractivity contribution is 5.30. The second-order valence-corrected chi connectivity index (χ2v) is 5.07. The molecule has 1 aliphatic heterocycles. The minimum atomic E-state index is -0.352. The van der Waals surface area contributed by atoms with Crippen LogP contribution in [0.15, 0.2) is 18.2 Å². The fourth-order valence-electron chi connectivity index (χ4n) is 2.52. The molecule has 0 aliphatic carbocycles. The molecule has 0 radical (unpaired) electrons. The van der Waals surface area contributed by atoms with Crippen LogP contribution in [0.4, 0.5) is 4.39 Å². The molecule has 2 unspecified atom stereocenters. The Kier molecular flexibility index (Phi) is 5.16. The van der Waals surface area contributed by atoms with E-state index in [4.69, 9.17) is 15.2 Å². The molecule has 2 rings (SSSR count). The maximum absolute atomic E-state index is 13.6. The summed E-state index contributed by atoms with van der Waals surface area (Å²) in [5.74, 6) is -0.0927. The second kappa shape index (κ2) is 6.87. The Balaban J connectivity index is 1.81. The van der Waals surface area contributed by atoms with Crippen LogP contribution in [-0.4, -0.2) is 19.8 Å². The van der Waals surface area contributed by atoms with Gasteiger partial charge in [0.1, 0.15) is 0 Å². The summed E-state index contributed by atoms with van der Waals surface area (Å²) in [7, 11) is 1.46. The number of rotatable bonds is 6. The lowest BCUT2D eigenvalue weighted by Crippen LogP contribution is -2.12. The second-order valence-electron chi connectivity index (χ2n) is 5.07. The summed E-state index contributed by atoms with van der Waals surface area (Å²) >= 11 is 0. The van der Waals surface area contributed by atoms with Crippen molar-refractivity contribution in [2.75, 3.05) is 13.7 Å². The van der Waals surface area contributed by atoms with Gasteiger partial charge in [-0.2, -0.15) is 0 Å². The Morgan fingerprint density at radius 2 is 2.37 bits per heavy atom. The summed E-state index contributed by atoms with van der Waals surface area (Å²) in [5, 5.41) is 0. The standard InChI is InChI=1S/C15H22FNO2/c1-18-15-8-7-11(10-13(15)16)14(17)6-2-4-12-5-3-9-19-12/h7-8,10,12,14H,2-6,9,17H2,1H3. The zero-order chi connectivity index (χ0) is 13.7. The number of benzene rings is 1.